The van der Waals surface area contributed by atoms with Gasteiger partial charge in [-0.15, -0.1) is 12.4 Å². The molecule has 0 spiro atoms. The summed E-state index contributed by atoms with van der Waals surface area (Å²) in [5.41, 5.74) is 6.54. The van der Waals surface area contributed by atoms with Crippen molar-refractivity contribution in [2.45, 2.75) is 12.5 Å². The Morgan fingerprint density at radius 1 is 1.57 bits per heavy atom. The number of nitrogens with zero attached hydrogens (tertiary/aromatic N) is 1. The highest BCUT2D eigenvalue weighted by Gasteiger charge is 2.07. The van der Waals surface area contributed by atoms with E-state index in [-0.39, 0.29) is 30.6 Å². The third kappa shape index (κ3) is 3.18. The summed E-state index contributed by atoms with van der Waals surface area (Å²) in [6, 6.07) is 6.69. The molecule has 0 heterocycles. The molecule has 1 rings (SSSR count). The molecular weight excluding hydrogens is 267 g/mol. The second-order valence-corrected chi connectivity index (χ2v) is 3.53. The minimum atomic E-state index is -0.290. The van der Waals surface area contributed by atoms with Crippen LogP contribution in [0.25, 0.3) is 0 Å². The molecule has 0 aliphatic heterocycles. The molecule has 0 fully saturated rings. The zero-order valence-corrected chi connectivity index (χ0v) is 9.68. The van der Waals surface area contributed by atoms with Crippen LogP contribution in [0.2, 0.25) is 0 Å². The Balaban J connectivity index is 0.00000169. The van der Waals surface area contributed by atoms with Crippen molar-refractivity contribution < 1.29 is 5.11 Å². The van der Waals surface area contributed by atoms with Gasteiger partial charge >= 0.3 is 0 Å². The van der Waals surface area contributed by atoms with E-state index >= 15 is 0 Å². The van der Waals surface area contributed by atoms with Crippen LogP contribution in [0.15, 0.2) is 22.7 Å². The third-order valence-corrected chi connectivity index (χ3v) is 2.35. The molecule has 0 bridgehead atoms. The van der Waals surface area contributed by atoms with Crippen molar-refractivity contribution in [3.63, 3.8) is 0 Å². The molecule has 1 aromatic rings. The van der Waals surface area contributed by atoms with Crippen LogP contribution in [0.1, 0.15) is 18.0 Å². The van der Waals surface area contributed by atoms with Gasteiger partial charge in [0.1, 0.15) is 5.75 Å². The summed E-state index contributed by atoms with van der Waals surface area (Å²) in [6.07, 6.45) is 0.275. The molecule has 0 aliphatic rings. The fourth-order valence-corrected chi connectivity index (χ4v) is 1.37. The average Bonchev–Trinajstić information content (AvgIpc) is 2.10. The molecule has 1 aromatic carbocycles. The van der Waals surface area contributed by atoms with E-state index in [0.717, 1.165) is 5.56 Å². The summed E-state index contributed by atoms with van der Waals surface area (Å²) in [5.74, 6) is 0.174. The van der Waals surface area contributed by atoms with E-state index in [1.54, 1.807) is 18.2 Å². The minimum Gasteiger partial charge on any atom is -0.507 e. The van der Waals surface area contributed by atoms with Gasteiger partial charge < -0.3 is 10.8 Å². The summed E-state index contributed by atoms with van der Waals surface area (Å²) in [6.45, 7) is 0. The second-order valence-electron chi connectivity index (χ2n) is 2.68. The molecule has 0 aromatic heterocycles. The Labute approximate surface area is 97.1 Å². The topological polar surface area (TPSA) is 70.0 Å². The van der Waals surface area contributed by atoms with Crippen molar-refractivity contribution in [1.29, 1.82) is 5.26 Å². The predicted octanol–water partition coefficient (Wildman–Crippen LogP) is 2.49. The van der Waals surface area contributed by atoms with Crippen molar-refractivity contribution in [2.75, 3.05) is 0 Å². The van der Waals surface area contributed by atoms with Gasteiger partial charge in [0.05, 0.1) is 17.0 Å². The molecule has 5 heteroatoms. The van der Waals surface area contributed by atoms with Gasteiger partial charge in [-0.05, 0) is 33.6 Å². The number of nitriles is 1. The number of hydrogen-bond acceptors (Lipinski definition) is 3. The van der Waals surface area contributed by atoms with Crippen molar-refractivity contribution in [1.82, 2.24) is 0 Å². The van der Waals surface area contributed by atoms with Crippen LogP contribution < -0.4 is 5.73 Å². The van der Waals surface area contributed by atoms with Crippen molar-refractivity contribution in [3.05, 3.63) is 28.2 Å². The number of rotatable bonds is 2. The molecule has 76 valence electrons. The summed E-state index contributed by atoms with van der Waals surface area (Å²) < 4.78 is 0.596. The first-order chi connectivity index (χ1) is 6.15. The van der Waals surface area contributed by atoms with Crippen molar-refractivity contribution in [2.24, 2.45) is 5.73 Å². The molecule has 0 amide bonds. The van der Waals surface area contributed by atoms with Crippen LogP contribution in [0.5, 0.6) is 5.75 Å². The van der Waals surface area contributed by atoms with Crippen LogP contribution in [0.4, 0.5) is 0 Å². The van der Waals surface area contributed by atoms with E-state index in [9.17, 15) is 5.11 Å². The quantitative estimate of drug-likeness (QED) is 0.872. The summed E-state index contributed by atoms with van der Waals surface area (Å²) in [4.78, 5) is 0. The second kappa shape index (κ2) is 5.86. The zero-order valence-electron chi connectivity index (χ0n) is 7.27. The highest BCUT2D eigenvalue weighted by molar-refractivity contribution is 9.10. The Hall–Kier alpha value is -0.760. The van der Waals surface area contributed by atoms with Crippen LogP contribution >= 0.6 is 28.3 Å². The molecule has 0 unspecified atom stereocenters. The molecule has 1 atom stereocenters. The fourth-order valence-electron chi connectivity index (χ4n) is 0.970. The van der Waals surface area contributed by atoms with Crippen molar-refractivity contribution in [3.8, 4) is 11.8 Å². The molecule has 0 aliphatic carbocycles. The van der Waals surface area contributed by atoms with Gasteiger partial charge in [-0.3, -0.25) is 0 Å². The summed E-state index contributed by atoms with van der Waals surface area (Å²) in [7, 11) is 0. The maximum absolute atomic E-state index is 9.20. The first-order valence-electron chi connectivity index (χ1n) is 3.76. The first-order valence-corrected chi connectivity index (χ1v) is 4.55. The van der Waals surface area contributed by atoms with Crippen LogP contribution in [-0.2, 0) is 0 Å². The van der Waals surface area contributed by atoms with Gasteiger partial charge in [0, 0.05) is 6.04 Å². The SMILES string of the molecule is Cl.N#CC[C@H](N)c1ccc(O)c(Br)c1. The summed E-state index contributed by atoms with van der Waals surface area (Å²) >= 11 is 3.18. The van der Waals surface area contributed by atoms with Crippen LogP contribution in [0, 0.1) is 11.3 Å². The zero-order chi connectivity index (χ0) is 9.84. The number of halogens is 2. The molecular formula is C9H10BrClN2O. The minimum absolute atomic E-state index is 0. The lowest BCUT2D eigenvalue weighted by Crippen LogP contribution is -2.08. The van der Waals surface area contributed by atoms with Gasteiger partial charge in [-0.1, -0.05) is 6.07 Å². The number of benzene rings is 1. The van der Waals surface area contributed by atoms with E-state index in [0.29, 0.717) is 4.47 Å². The van der Waals surface area contributed by atoms with E-state index < -0.39 is 0 Å². The third-order valence-electron chi connectivity index (χ3n) is 1.71. The lowest BCUT2D eigenvalue weighted by Gasteiger charge is -2.08. The molecule has 3 nitrogen and oxygen atoms in total. The Bertz CT molecular complexity index is 351. The Kier molecular flexibility index (Phi) is 5.55. The number of hydrogen-bond donors (Lipinski definition) is 2. The van der Waals surface area contributed by atoms with Gasteiger partial charge in [0.2, 0.25) is 0 Å². The number of aromatic hydroxyl groups is 1. The van der Waals surface area contributed by atoms with Gasteiger partial charge in [-0.2, -0.15) is 5.26 Å². The van der Waals surface area contributed by atoms with Crippen molar-refractivity contribution >= 4 is 28.3 Å². The standard InChI is InChI=1S/C9H9BrN2O.ClH/c10-7-5-6(1-2-9(7)13)8(12)3-4-11;/h1-2,5,8,13H,3,12H2;1H/t8-;/m0./s1. The predicted molar refractivity (Wildman–Crippen MR) is 60.2 cm³/mol. The normalized spacial score (nSPS) is 11.2. The highest BCUT2D eigenvalue weighted by Crippen LogP contribution is 2.27. The van der Waals surface area contributed by atoms with Gasteiger partial charge in [0.15, 0.2) is 0 Å². The monoisotopic (exact) mass is 276 g/mol. The smallest absolute Gasteiger partial charge is 0.129 e. The Morgan fingerprint density at radius 2 is 2.21 bits per heavy atom. The molecule has 3 N–H and O–H groups in total. The van der Waals surface area contributed by atoms with Crippen LogP contribution in [-0.4, -0.2) is 5.11 Å². The largest absolute Gasteiger partial charge is 0.507 e. The maximum Gasteiger partial charge on any atom is 0.129 e. The van der Waals surface area contributed by atoms with Gasteiger partial charge in [0.25, 0.3) is 0 Å². The lowest BCUT2D eigenvalue weighted by molar-refractivity contribution is 0.471. The molecule has 0 saturated carbocycles. The van der Waals surface area contributed by atoms with E-state index in [1.165, 1.54) is 0 Å². The van der Waals surface area contributed by atoms with E-state index in [1.807, 2.05) is 6.07 Å². The Morgan fingerprint density at radius 3 is 2.71 bits per heavy atom. The number of phenolic OH excluding ortho intramolecular Hbond substituents is 1. The fraction of sp³-hybridized carbons (Fsp3) is 0.222. The van der Waals surface area contributed by atoms with E-state index in [4.69, 9.17) is 11.0 Å². The number of nitrogens with two attached hydrogens (primary N) is 1. The first kappa shape index (κ1) is 13.2. The molecule has 0 radical (unpaired) electrons. The molecule has 14 heavy (non-hydrogen) atoms. The lowest BCUT2D eigenvalue weighted by atomic mass is 10.1. The average molecular weight is 278 g/mol. The summed E-state index contributed by atoms with van der Waals surface area (Å²) in [5, 5.41) is 17.6. The van der Waals surface area contributed by atoms with Gasteiger partial charge in [-0.25, -0.2) is 0 Å². The van der Waals surface area contributed by atoms with E-state index in [2.05, 4.69) is 15.9 Å². The number of phenols is 1. The highest BCUT2D eigenvalue weighted by atomic mass is 79.9. The van der Waals surface area contributed by atoms with Crippen LogP contribution in [0.3, 0.4) is 0 Å². The molecule has 0 saturated heterocycles. The maximum atomic E-state index is 9.20.